The van der Waals surface area contributed by atoms with E-state index in [1.165, 1.54) is 0 Å². The van der Waals surface area contributed by atoms with Gasteiger partial charge >= 0.3 is 0 Å². The van der Waals surface area contributed by atoms with Crippen molar-refractivity contribution in [3.05, 3.63) is 28.7 Å². The van der Waals surface area contributed by atoms with Crippen molar-refractivity contribution in [2.45, 2.75) is 19.4 Å². The molecule has 0 fully saturated rings. The van der Waals surface area contributed by atoms with E-state index in [2.05, 4.69) is 15.9 Å². The third kappa shape index (κ3) is 2.40. The predicted molar refractivity (Wildman–Crippen MR) is 81.7 cm³/mol. The molecule has 0 radical (unpaired) electrons. The van der Waals surface area contributed by atoms with Crippen LogP contribution in [0.1, 0.15) is 13.8 Å². The Morgan fingerprint density at radius 3 is 2.62 bits per heavy atom. The van der Waals surface area contributed by atoms with Crippen LogP contribution in [0.15, 0.2) is 28.7 Å². The molecule has 110 valence electrons. The van der Waals surface area contributed by atoms with Crippen molar-refractivity contribution in [1.29, 1.82) is 0 Å². The smallest absolute Gasteiger partial charge is 0.261 e. The molecule has 2 aromatic carbocycles. The van der Waals surface area contributed by atoms with Crippen molar-refractivity contribution in [3.63, 3.8) is 0 Å². The van der Waals surface area contributed by atoms with E-state index < -0.39 is 11.5 Å². The fourth-order valence-electron chi connectivity index (χ4n) is 2.07. The lowest BCUT2D eigenvalue weighted by molar-refractivity contribution is -0.130. The van der Waals surface area contributed by atoms with Gasteiger partial charge in [0.2, 0.25) is 6.79 Å². The van der Waals surface area contributed by atoms with E-state index >= 15 is 0 Å². The molecule has 6 heteroatoms. The summed E-state index contributed by atoms with van der Waals surface area (Å²) in [4.78, 5) is 11.5. The first-order chi connectivity index (χ1) is 9.88. The zero-order chi connectivity index (χ0) is 15.2. The third-order valence-electron chi connectivity index (χ3n) is 3.37. The molecule has 0 saturated heterocycles. The van der Waals surface area contributed by atoms with Gasteiger partial charge in [-0.25, -0.2) is 0 Å². The molecule has 3 rings (SSSR count). The second-order valence-electron chi connectivity index (χ2n) is 5.28. The number of amides is 1. The lowest BCUT2D eigenvalue weighted by Gasteiger charge is -2.24. The minimum atomic E-state index is -1.12. The molecule has 0 atom stereocenters. The summed E-state index contributed by atoms with van der Waals surface area (Å²) in [5.41, 5.74) is 4.26. The molecule has 0 spiro atoms. The van der Waals surface area contributed by atoms with Gasteiger partial charge in [-0.1, -0.05) is 6.07 Å². The molecule has 2 N–H and O–H groups in total. The summed E-state index contributed by atoms with van der Waals surface area (Å²) in [5, 5.41) is 1.75. The zero-order valence-corrected chi connectivity index (χ0v) is 13.2. The van der Waals surface area contributed by atoms with Crippen molar-refractivity contribution in [2.75, 3.05) is 6.79 Å². The zero-order valence-electron chi connectivity index (χ0n) is 11.6. The standard InChI is InChI=1S/C15H14BrNO4/c1-15(2,14(17)18)21-13-9-6-12-11(19-7-20-12)5-8(9)3-4-10(13)16/h3-6H,7H2,1-2H3,(H2,17,18). The van der Waals surface area contributed by atoms with E-state index in [1.807, 2.05) is 24.3 Å². The monoisotopic (exact) mass is 351 g/mol. The van der Waals surface area contributed by atoms with Crippen molar-refractivity contribution in [1.82, 2.24) is 0 Å². The summed E-state index contributed by atoms with van der Waals surface area (Å²) >= 11 is 3.45. The first kappa shape index (κ1) is 14.0. The van der Waals surface area contributed by atoms with E-state index in [1.54, 1.807) is 13.8 Å². The molecule has 2 aromatic rings. The van der Waals surface area contributed by atoms with Crippen LogP contribution in [0.5, 0.6) is 17.2 Å². The number of halogens is 1. The maximum atomic E-state index is 11.5. The highest BCUT2D eigenvalue weighted by Gasteiger charge is 2.29. The molecule has 5 nitrogen and oxygen atoms in total. The van der Waals surface area contributed by atoms with Gasteiger partial charge in [0.25, 0.3) is 5.91 Å². The Labute approximate surface area is 130 Å². The SMILES string of the molecule is CC(C)(Oc1c(Br)ccc2cc3c(cc12)OCO3)C(N)=O. The van der Waals surface area contributed by atoms with Crippen LogP contribution in [0.4, 0.5) is 0 Å². The van der Waals surface area contributed by atoms with Gasteiger partial charge in [0.15, 0.2) is 17.1 Å². The van der Waals surface area contributed by atoms with Crippen LogP contribution < -0.4 is 19.9 Å². The number of hydrogen-bond acceptors (Lipinski definition) is 4. The lowest BCUT2D eigenvalue weighted by atomic mass is 10.1. The number of primary amides is 1. The molecule has 1 aliphatic rings. The Morgan fingerprint density at radius 1 is 1.29 bits per heavy atom. The minimum absolute atomic E-state index is 0.204. The molecule has 0 bridgehead atoms. The number of carbonyl (C=O) groups is 1. The van der Waals surface area contributed by atoms with E-state index in [4.69, 9.17) is 19.9 Å². The fraction of sp³-hybridized carbons (Fsp3) is 0.267. The highest BCUT2D eigenvalue weighted by Crippen LogP contribution is 2.42. The number of hydrogen-bond donors (Lipinski definition) is 1. The van der Waals surface area contributed by atoms with Crippen molar-refractivity contribution in [2.24, 2.45) is 5.73 Å². The van der Waals surface area contributed by atoms with E-state index in [0.29, 0.717) is 17.2 Å². The summed E-state index contributed by atoms with van der Waals surface area (Å²) in [5.74, 6) is 1.37. The van der Waals surface area contributed by atoms with Gasteiger partial charge in [-0.3, -0.25) is 4.79 Å². The first-order valence-corrected chi connectivity index (χ1v) is 7.18. The molecule has 21 heavy (non-hydrogen) atoms. The number of fused-ring (bicyclic) bond motifs is 2. The number of rotatable bonds is 3. The van der Waals surface area contributed by atoms with Gasteiger partial charge < -0.3 is 19.9 Å². The molecule has 0 unspecified atom stereocenters. The lowest BCUT2D eigenvalue weighted by Crippen LogP contribution is -2.43. The molecule has 1 heterocycles. The highest BCUT2D eigenvalue weighted by atomic mass is 79.9. The van der Waals surface area contributed by atoms with Gasteiger partial charge in [0, 0.05) is 5.39 Å². The van der Waals surface area contributed by atoms with Crippen molar-refractivity contribution < 1.29 is 19.0 Å². The number of carbonyl (C=O) groups excluding carboxylic acids is 1. The van der Waals surface area contributed by atoms with Crippen LogP contribution >= 0.6 is 15.9 Å². The Morgan fingerprint density at radius 2 is 1.95 bits per heavy atom. The maximum Gasteiger partial charge on any atom is 0.261 e. The minimum Gasteiger partial charge on any atom is -0.476 e. The quantitative estimate of drug-likeness (QED) is 0.922. The Hall–Kier alpha value is -1.95. The van der Waals surface area contributed by atoms with Crippen molar-refractivity contribution >= 4 is 32.6 Å². The second kappa shape index (κ2) is 4.80. The molecule has 0 aliphatic carbocycles. The molecule has 0 saturated carbocycles. The summed E-state index contributed by atoms with van der Waals surface area (Å²) < 4.78 is 17.3. The van der Waals surface area contributed by atoms with Crippen LogP contribution in [-0.4, -0.2) is 18.3 Å². The first-order valence-electron chi connectivity index (χ1n) is 6.39. The summed E-state index contributed by atoms with van der Waals surface area (Å²) in [7, 11) is 0. The van der Waals surface area contributed by atoms with Crippen LogP contribution in [0.2, 0.25) is 0 Å². The Bertz CT molecular complexity index is 742. The topological polar surface area (TPSA) is 70.8 Å². The maximum absolute atomic E-state index is 11.5. The molecule has 0 aromatic heterocycles. The van der Waals surface area contributed by atoms with Gasteiger partial charge in [-0.2, -0.15) is 0 Å². The van der Waals surface area contributed by atoms with E-state index in [9.17, 15) is 4.79 Å². The van der Waals surface area contributed by atoms with Crippen LogP contribution in [0, 0.1) is 0 Å². The summed E-state index contributed by atoms with van der Waals surface area (Å²) in [6, 6.07) is 7.52. The van der Waals surface area contributed by atoms with Crippen LogP contribution in [-0.2, 0) is 4.79 Å². The van der Waals surface area contributed by atoms with Crippen LogP contribution in [0.3, 0.4) is 0 Å². The van der Waals surface area contributed by atoms with E-state index in [-0.39, 0.29) is 6.79 Å². The van der Waals surface area contributed by atoms with Crippen LogP contribution in [0.25, 0.3) is 10.8 Å². The average Bonchev–Trinajstić information content (AvgIpc) is 2.87. The highest BCUT2D eigenvalue weighted by molar-refractivity contribution is 9.10. The fourth-order valence-corrected chi connectivity index (χ4v) is 2.50. The molecular weight excluding hydrogens is 338 g/mol. The number of ether oxygens (including phenoxy) is 3. The third-order valence-corrected chi connectivity index (χ3v) is 3.99. The Kier molecular flexibility index (Phi) is 3.20. The molecular formula is C15H14BrNO4. The van der Waals surface area contributed by atoms with Gasteiger partial charge in [-0.05, 0) is 53.4 Å². The average molecular weight is 352 g/mol. The van der Waals surface area contributed by atoms with E-state index in [0.717, 1.165) is 15.2 Å². The normalized spacial score (nSPS) is 13.5. The van der Waals surface area contributed by atoms with Gasteiger partial charge in [0.1, 0.15) is 5.75 Å². The molecule has 1 amide bonds. The summed E-state index contributed by atoms with van der Waals surface area (Å²) in [6.07, 6.45) is 0. The number of nitrogens with two attached hydrogens (primary N) is 1. The second-order valence-corrected chi connectivity index (χ2v) is 6.13. The summed E-state index contributed by atoms with van der Waals surface area (Å²) in [6.45, 7) is 3.47. The van der Waals surface area contributed by atoms with Crippen molar-refractivity contribution in [3.8, 4) is 17.2 Å². The number of benzene rings is 2. The largest absolute Gasteiger partial charge is 0.476 e. The Balaban J connectivity index is 2.17. The van der Waals surface area contributed by atoms with Gasteiger partial charge in [0.05, 0.1) is 4.47 Å². The molecule has 1 aliphatic heterocycles. The van der Waals surface area contributed by atoms with Gasteiger partial charge in [-0.15, -0.1) is 0 Å². The predicted octanol–water partition coefficient (Wildman–Crippen LogP) is 2.97.